The normalized spacial score (nSPS) is 22.8. The maximum absolute atomic E-state index is 5.98. The Morgan fingerprint density at radius 1 is 1.17 bits per heavy atom. The van der Waals surface area contributed by atoms with Crippen LogP contribution in [0, 0.1) is 5.92 Å². The molecule has 0 saturated carbocycles. The number of rotatable bonds is 8. The Morgan fingerprint density at radius 3 is 2.66 bits per heavy atom. The molecule has 29 heavy (non-hydrogen) atoms. The van der Waals surface area contributed by atoms with Crippen LogP contribution in [0.15, 0.2) is 35.3 Å². The van der Waals surface area contributed by atoms with Gasteiger partial charge in [-0.05, 0) is 32.9 Å². The number of guanidine groups is 1. The highest BCUT2D eigenvalue weighted by Crippen LogP contribution is 2.17. The van der Waals surface area contributed by atoms with Crippen molar-refractivity contribution in [2.75, 3.05) is 66.0 Å². The van der Waals surface area contributed by atoms with Gasteiger partial charge in [0.25, 0.3) is 0 Å². The largest absolute Gasteiger partial charge is 0.376 e. The standard InChI is InChI=1S/C23H39N5O/c1-4-24-23(25-16-20(2)27-14-12-26(3)13-15-27)28-11-10-22(17-28)19-29-18-21-8-6-5-7-9-21/h5-9,20,22H,4,10-19H2,1-3H3,(H,24,25). The van der Waals surface area contributed by atoms with Gasteiger partial charge in [0.15, 0.2) is 5.96 Å². The summed E-state index contributed by atoms with van der Waals surface area (Å²) in [4.78, 5) is 12.4. The van der Waals surface area contributed by atoms with Gasteiger partial charge in [0.2, 0.25) is 0 Å². The molecule has 2 atom stereocenters. The molecule has 0 radical (unpaired) electrons. The Kier molecular flexibility index (Phi) is 8.77. The Bertz CT molecular complexity index is 615. The summed E-state index contributed by atoms with van der Waals surface area (Å²) in [5, 5.41) is 3.50. The van der Waals surface area contributed by atoms with Crippen molar-refractivity contribution in [1.29, 1.82) is 0 Å². The number of likely N-dealkylation sites (N-methyl/N-ethyl adjacent to an activating group) is 1. The van der Waals surface area contributed by atoms with Gasteiger partial charge in [0, 0.05) is 57.8 Å². The molecule has 0 spiro atoms. The summed E-state index contributed by atoms with van der Waals surface area (Å²) < 4.78 is 5.98. The Labute approximate surface area is 176 Å². The number of nitrogens with zero attached hydrogens (tertiary/aromatic N) is 4. The summed E-state index contributed by atoms with van der Waals surface area (Å²) in [7, 11) is 2.21. The van der Waals surface area contributed by atoms with E-state index in [1.54, 1.807) is 0 Å². The summed E-state index contributed by atoms with van der Waals surface area (Å²) >= 11 is 0. The average molecular weight is 402 g/mol. The number of likely N-dealkylation sites (tertiary alicyclic amines) is 1. The fourth-order valence-electron chi connectivity index (χ4n) is 4.10. The molecule has 0 amide bonds. The van der Waals surface area contributed by atoms with Gasteiger partial charge in [-0.2, -0.15) is 0 Å². The molecule has 0 aromatic heterocycles. The second kappa shape index (κ2) is 11.5. The number of piperazine rings is 1. The highest BCUT2D eigenvalue weighted by molar-refractivity contribution is 5.80. The molecule has 1 aromatic carbocycles. The van der Waals surface area contributed by atoms with Crippen LogP contribution in [0.25, 0.3) is 0 Å². The van der Waals surface area contributed by atoms with Crippen LogP contribution in [0.4, 0.5) is 0 Å². The summed E-state index contributed by atoms with van der Waals surface area (Å²) in [5.41, 5.74) is 1.25. The van der Waals surface area contributed by atoms with Gasteiger partial charge in [-0.15, -0.1) is 0 Å². The maximum atomic E-state index is 5.98. The van der Waals surface area contributed by atoms with E-state index in [0.717, 1.165) is 64.9 Å². The second-order valence-electron chi connectivity index (χ2n) is 8.48. The van der Waals surface area contributed by atoms with E-state index in [1.165, 1.54) is 12.0 Å². The molecule has 162 valence electrons. The van der Waals surface area contributed by atoms with Crippen molar-refractivity contribution >= 4 is 5.96 Å². The zero-order valence-electron chi connectivity index (χ0n) is 18.5. The number of aliphatic imine (C=N–C) groups is 1. The summed E-state index contributed by atoms with van der Waals surface area (Å²) in [6.07, 6.45) is 1.17. The smallest absolute Gasteiger partial charge is 0.193 e. The van der Waals surface area contributed by atoms with Crippen molar-refractivity contribution in [3.8, 4) is 0 Å². The van der Waals surface area contributed by atoms with Crippen LogP contribution < -0.4 is 5.32 Å². The molecule has 1 aromatic rings. The quantitative estimate of drug-likeness (QED) is 0.534. The lowest BCUT2D eigenvalue weighted by molar-refractivity contribution is 0.0906. The van der Waals surface area contributed by atoms with Gasteiger partial charge in [-0.25, -0.2) is 0 Å². The molecule has 2 aliphatic heterocycles. The van der Waals surface area contributed by atoms with Gasteiger partial charge in [-0.1, -0.05) is 30.3 Å². The molecule has 2 fully saturated rings. The van der Waals surface area contributed by atoms with Gasteiger partial charge < -0.3 is 19.9 Å². The van der Waals surface area contributed by atoms with E-state index < -0.39 is 0 Å². The summed E-state index contributed by atoms with van der Waals surface area (Å²) in [6, 6.07) is 10.9. The Morgan fingerprint density at radius 2 is 1.93 bits per heavy atom. The molecule has 2 aliphatic rings. The van der Waals surface area contributed by atoms with Crippen LogP contribution >= 0.6 is 0 Å². The molecule has 6 nitrogen and oxygen atoms in total. The number of benzene rings is 1. The third-order valence-corrected chi connectivity index (χ3v) is 6.05. The molecule has 3 rings (SSSR count). The fraction of sp³-hybridized carbons (Fsp3) is 0.696. The molecule has 6 heteroatoms. The number of nitrogens with one attached hydrogen (secondary N) is 1. The Hall–Kier alpha value is -1.63. The third-order valence-electron chi connectivity index (χ3n) is 6.05. The van der Waals surface area contributed by atoms with Crippen molar-refractivity contribution in [3.05, 3.63) is 35.9 Å². The first-order chi connectivity index (χ1) is 14.2. The third kappa shape index (κ3) is 6.98. The van der Waals surface area contributed by atoms with Gasteiger partial charge in [-0.3, -0.25) is 9.89 Å². The highest BCUT2D eigenvalue weighted by atomic mass is 16.5. The summed E-state index contributed by atoms with van der Waals surface area (Å²) in [6.45, 7) is 14.5. The van der Waals surface area contributed by atoms with Crippen LogP contribution in [-0.4, -0.2) is 92.7 Å². The van der Waals surface area contributed by atoms with E-state index in [1.807, 2.05) is 6.07 Å². The average Bonchev–Trinajstić information content (AvgIpc) is 3.21. The second-order valence-corrected chi connectivity index (χ2v) is 8.48. The van der Waals surface area contributed by atoms with Crippen molar-refractivity contribution in [2.24, 2.45) is 10.9 Å². The van der Waals surface area contributed by atoms with E-state index in [0.29, 0.717) is 18.6 Å². The van der Waals surface area contributed by atoms with E-state index in [9.17, 15) is 0 Å². The maximum Gasteiger partial charge on any atom is 0.193 e. The van der Waals surface area contributed by atoms with Crippen molar-refractivity contribution in [1.82, 2.24) is 20.0 Å². The minimum Gasteiger partial charge on any atom is -0.376 e. The van der Waals surface area contributed by atoms with Crippen molar-refractivity contribution in [3.63, 3.8) is 0 Å². The molecule has 0 bridgehead atoms. The predicted octanol–water partition coefficient (Wildman–Crippen LogP) is 2.13. The first kappa shape index (κ1) is 22.1. The van der Waals surface area contributed by atoms with Crippen LogP contribution in [-0.2, 0) is 11.3 Å². The molecule has 1 N–H and O–H groups in total. The highest BCUT2D eigenvalue weighted by Gasteiger charge is 2.25. The van der Waals surface area contributed by atoms with E-state index in [2.05, 4.69) is 65.2 Å². The van der Waals surface area contributed by atoms with Gasteiger partial charge in [0.1, 0.15) is 0 Å². The number of ether oxygens (including phenoxy) is 1. The zero-order valence-corrected chi connectivity index (χ0v) is 18.5. The topological polar surface area (TPSA) is 43.3 Å². The molecule has 0 aliphatic carbocycles. The minimum absolute atomic E-state index is 0.491. The minimum atomic E-state index is 0.491. The molecule has 2 unspecified atom stereocenters. The SMILES string of the molecule is CCNC(=NCC(C)N1CCN(C)CC1)N1CCC(COCc2ccccc2)C1. The molecular formula is C23H39N5O. The zero-order chi connectivity index (χ0) is 20.5. The molecule has 2 heterocycles. The van der Waals surface area contributed by atoms with E-state index in [-0.39, 0.29) is 0 Å². The van der Waals surface area contributed by atoms with Crippen LogP contribution in [0.3, 0.4) is 0 Å². The fourth-order valence-corrected chi connectivity index (χ4v) is 4.10. The van der Waals surface area contributed by atoms with Crippen molar-refractivity contribution < 1.29 is 4.74 Å². The lowest BCUT2D eigenvalue weighted by Gasteiger charge is -2.36. The number of hydrogen-bond acceptors (Lipinski definition) is 4. The molecule has 2 saturated heterocycles. The van der Waals surface area contributed by atoms with Crippen LogP contribution in [0.1, 0.15) is 25.8 Å². The lowest BCUT2D eigenvalue weighted by atomic mass is 10.1. The van der Waals surface area contributed by atoms with Crippen molar-refractivity contribution in [2.45, 2.75) is 32.9 Å². The van der Waals surface area contributed by atoms with Crippen LogP contribution in [0.2, 0.25) is 0 Å². The van der Waals surface area contributed by atoms with E-state index in [4.69, 9.17) is 9.73 Å². The van der Waals surface area contributed by atoms with Gasteiger partial charge >= 0.3 is 0 Å². The first-order valence-corrected chi connectivity index (χ1v) is 11.2. The number of hydrogen-bond donors (Lipinski definition) is 1. The monoisotopic (exact) mass is 401 g/mol. The van der Waals surface area contributed by atoms with Crippen LogP contribution in [0.5, 0.6) is 0 Å². The summed E-state index contributed by atoms with van der Waals surface area (Å²) in [5.74, 6) is 1.65. The Balaban J connectivity index is 1.44. The lowest BCUT2D eigenvalue weighted by Crippen LogP contribution is -2.49. The van der Waals surface area contributed by atoms with E-state index >= 15 is 0 Å². The predicted molar refractivity (Wildman–Crippen MR) is 120 cm³/mol. The van der Waals surface area contributed by atoms with Gasteiger partial charge in [0.05, 0.1) is 19.8 Å². The molecular weight excluding hydrogens is 362 g/mol. The first-order valence-electron chi connectivity index (χ1n) is 11.2.